The number of nitrogens with one attached hydrogen (secondary N) is 1. The van der Waals surface area contributed by atoms with E-state index >= 15 is 0 Å². The van der Waals surface area contributed by atoms with Gasteiger partial charge in [-0.3, -0.25) is 0 Å². The van der Waals surface area contributed by atoms with Gasteiger partial charge >= 0.3 is 0 Å². The van der Waals surface area contributed by atoms with Crippen molar-refractivity contribution in [2.45, 2.75) is 32.1 Å². The van der Waals surface area contributed by atoms with E-state index in [4.69, 9.17) is 25.8 Å². The van der Waals surface area contributed by atoms with Crippen molar-refractivity contribution in [3.63, 3.8) is 0 Å². The number of benzene rings is 1. The van der Waals surface area contributed by atoms with Gasteiger partial charge in [0, 0.05) is 31.5 Å². The van der Waals surface area contributed by atoms with Gasteiger partial charge in [0.1, 0.15) is 11.8 Å². The highest BCUT2D eigenvalue weighted by molar-refractivity contribution is 6.29. The second-order valence-corrected chi connectivity index (χ2v) is 6.42. The van der Waals surface area contributed by atoms with E-state index in [-0.39, 0.29) is 0 Å². The molecular weight excluding hydrogens is 340 g/mol. The zero-order valence-electron chi connectivity index (χ0n) is 14.3. The third-order valence-electron chi connectivity index (χ3n) is 4.14. The first-order valence-corrected chi connectivity index (χ1v) is 8.85. The van der Waals surface area contributed by atoms with Crippen LogP contribution in [-0.4, -0.2) is 31.3 Å². The van der Waals surface area contributed by atoms with Gasteiger partial charge in [-0.1, -0.05) is 23.7 Å². The topological polar surface area (TPSA) is 52.6 Å². The van der Waals surface area contributed by atoms with Crippen LogP contribution in [0.25, 0.3) is 0 Å². The molecule has 1 atom stereocenters. The molecule has 2 heterocycles. The molecule has 0 amide bonds. The van der Waals surface area contributed by atoms with Crippen LogP contribution in [0, 0.1) is 0 Å². The molecule has 3 rings (SSSR count). The second-order valence-electron chi connectivity index (χ2n) is 6.03. The van der Waals surface area contributed by atoms with Crippen LogP contribution in [0.4, 0.5) is 0 Å². The average Bonchev–Trinajstić information content (AvgIpc) is 3.15. The van der Waals surface area contributed by atoms with Crippen molar-refractivity contribution < 1.29 is 14.2 Å². The maximum Gasteiger partial charge on any atom is 0.161 e. The normalized spacial score (nSPS) is 16.8. The summed E-state index contributed by atoms with van der Waals surface area (Å²) in [6.45, 7) is 2.95. The summed E-state index contributed by atoms with van der Waals surface area (Å²) in [4.78, 5) is 4.05. The van der Waals surface area contributed by atoms with E-state index in [9.17, 15) is 0 Å². The summed E-state index contributed by atoms with van der Waals surface area (Å²) in [5.74, 6) is 1.43. The highest BCUT2D eigenvalue weighted by atomic mass is 35.5. The Kier molecular flexibility index (Phi) is 6.50. The van der Waals surface area contributed by atoms with Gasteiger partial charge in [-0.05, 0) is 36.6 Å². The molecule has 0 bridgehead atoms. The van der Waals surface area contributed by atoms with Crippen LogP contribution in [-0.2, 0) is 17.9 Å². The molecule has 1 saturated heterocycles. The average molecular weight is 363 g/mol. The molecule has 1 aromatic carbocycles. The van der Waals surface area contributed by atoms with Gasteiger partial charge in [0.05, 0.1) is 13.2 Å². The van der Waals surface area contributed by atoms with E-state index in [0.717, 1.165) is 49.4 Å². The lowest BCUT2D eigenvalue weighted by molar-refractivity contribution is 0.110. The van der Waals surface area contributed by atoms with Gasteiger partial charge in [-0.2, -0.15) is 0 Å². The molecule has 6 heteroatoms. The minimum Gasteiger partial charge on any atom is -0.493 e. The fourth-order valence-electron chi connectivity index (χ4n) is 2.78. The lowest BCUT2D eigenvalue weighted by atomic mass is 10.2. The zero-order valence-corrected chi connectivity index (χ0v) is 15.1. The Bertz CT molecular complexity index is 673. The molecule has 25 heavy (non-hydrogen) atoms. The summed E-state index contributed by atoms with van der Waals surface area (Å²) in [5.41, 5.74) is 2.10. The number of halogens is 1. The maximum absolute atomic E-state index is 5.85. The summed E-state index contributed by atoms with van der Waals surface area (Å²) in [6, 6.07) is 9.62. The highest BCUT2D eigenvalue weighted by Crippen LogP contribution is 2.29. The van der Waals surface area contributed by atoms with Crippen LogP contribution in [0.1, 0.15) is 24.0 Å². The maximum atomic E-state index is 5.85. The van der Waals surface area contributed by atoms with Gasteiger partial charge in [0.2, 0.25) is 0 Å². The fourth-order valence-corrected chi connectivity index (χ4v) is 2.89. The standard InChI is InChI=1S/C19H23ClN2O3/c1-23-18-9-14(10-21-12-16-3-2-8-24-16)4-6-17(18)25-13-15-5-7-19(20)22-11-15/h4-7,9,11,16,21H,2-3,8,10,12-13H2,1H3/t16-/m0/s1. The van der Waals surface area contributed by atoms with Crippen LogP contribution >= 0.6 is 11.6 Å². The van der Waals surface area contributed by atoms with Crippen molar-refractivity contribution in [3.8, 4) is 11.5 Å². The molecule has 1 N–H and O–H groups in total. The van der Waals surface area contributed by atoms with Crippen LogP contribution in [0.15, 0.2) is 36.5 Å². The Morgan fingerprint density at radius 3 is 2.84 bits per heavy atom. The zero-order chi connectivity index (χ0) is 17.5. The molecule has 0 spiro atoms. The molecule has 1 aliphatic rings. The smallest absolute Gasteiger partial charge is 0.161 e. The summed E-state index contributed by atoms with van der Waals surface area (Å²) < 4.78 is 16.9. The highest BCUT2D eigenvalue weighted by Gasteiger charge is 2.14. The third kappa shape index (κ3) is 5.33. The van der Waals surface area contributed by atoms with Crippen LogP contribution in [0.5, 0.6) is 11.5 Å². The first-order valence-electron chi connectivity index (χ1n) is 8.47. The second kappa shape index (κ2) is 9.04. The van der Waals surface area contributed by atoms with Crippen molar-refractivity contribution in [1.82, 2.24) is 10.3 Å². The lowest BCUT2D eigenvalue weighted by Crippen LogP contribution is -2.25. The monoisotopic (exact) mass is 362 g/mol. The van der Waals surface area contributed by atoms with E-state index in [1.54, 1.807) is 19.4 Å². The Morgan fingerprint density at radius 1 is 1.24 bits per heavy atom. The number of ether oxygens (including phenoxy) is 3. The molecule has 2 aromatic rings. The van der Waals surface area contributed by atoms with E-state index in [1.165, 1.54) is 0 Å². The minimum absolute atomic E-state index is 0.345. The van der Waals surface area contributed by atoms with Crippen molar-refractivity contribution >= 4 is 11.6 Å². The Balaban J connectivity index is 1.54. The molecule has 0 saturated carbocycles. The van der Waals surface area contributed by atoms with Gasteiger partial charge in [-0.15, -0.1) is 0 Å². The largest absolute Gasteiger partial charge is 0.493 e. The predicted octanol–water partition coefficient (Wildman–Crippen LogP) is 3.59. The third-order valence-corrected chi connectivity index (χ3v) is 4.36. The molecule has 1 aliphatic heterocycles. The van der Waals surface area contributed by atoms with Gasteiger partial charge in [0.15, 0.2) is 11.5 Å². The van der Waals surface area contributed by atoms with Crippen LogP contribution < -0.4 is 14.8 Å². The molecule has 134 valence electrons. The quantitative estimate of drug-likeness (QED) is 0.727. The summed E-state index contributed by atoms with van der Waals surface area (Å²) >= 11 is 5.79. The fraction of sp³-hybridized carbons (Fsp3) is 0.421. The number of hydrogen-bond acceptors (Lipinski definition) is 5. The number of aromatic nitrogens is 1. The van der Waals surface area contributed by atoms with Gasteiger partial charge in [0.25, 0.3) is 0 Å². The van der Waals surface area contributed by atoms with Crippen LogP contribution in [0.2, 0.25) is 5.15 Å². The first-order chi connectivity index (χ1) is 12.2. The SMILES string of the molecule is COc1cc(CNC[C@@H]2CCCO2)ccc1OCc1ccc(Cl)nc1. The Morgan fingerprint density at radius 2 is 2.12 bits per heavy atom. The molecule has 1 fully saturated rings. The predicted molar refractivity (Wildman–Crippen MR) is 97.3 cm³/mol. The molecule has 0 unspecified atom stereocenters. The number of rotatable bonds is 8. The Labute approximate surface area is 153 Å². The summed E-state index contributed by atoms with van der Waals surface area (Å²) in [6.07, 6.45) is 4.36. The van der Waals surface area contributed by atoms with E-state index in [1.807, 2.05) is 24.3 Å². The number of methoxy groups -OCH3 is 1. The van der Waals surface area contributed by atoms with Crippen molar-refractivity contribution in [3.05, 3.63) is 52.8 Å². The Hall–Kier alpha value is -1.82. The number of nitrogens with zero attached hydrogens (tertiary/aromatic N) is 1. The minimum atomic E-state index is 0.345. The molecule has 0 aliphatic carbocycles. The van der Waals surface area contributed by atoms with Crippen molar-refractivity contribution in [2.24, 2.45) is 0 Å². The number of pyridine rings is 1. The molecular formula is C19H23ClN2O3. The van der Waals surface area contributed by atoms with Crippen molar-refractivity contribution in [2.75, 3.05) is 20.3 Å². The van der Waals surface area contributed by atoms with E-state index < -0.39 is 0 Å². The van der Waals surface area contributed by atoms with Crippen molar-refractivity contribution in [1.29, 1.82) is 0 Å². The molecule has 1 aromatic heterocycles. The van der Waals surface area contributed by atoms with Gasteiger partial charge < -0.3 is 19.5 Å². The number of hydrogen-bond donors (Lipinski definition) is 1. The molecule has 5 nitrogen and oxygen atoms in total. The first kappa shape index (κ1) is 18.0. The van der Waals surface area contributed by atoms with E-state index in [0.29, 0.717) is 23.6 Å². The molecule has 0 radical (unpaired) electrons. The lowest BCUT2D eigenvalue weighted by Gasteiger charge is -2.14. The van der Waals surface area contributed by atoms with Crippen LogP contribution in [0.3, 0.4) is 0 Å². The summed E-state index contributed by atoms with van der Waals surface area (Å²) in [5, 5.41) is 3.91. The summed E-state index contributed by atoms with van der Waals surface area (Å²) in [7, 11) is 1.65. The van der Waals surface area contributed by atoms with Gasteiger partial charge in [-0.25, -0.2) is 4.98 Å². The van der Waals surface area contributed by atoms with E-state index in [2.05, 4.69) is 10.3 Å².